The highest BCUT2D eigenvalue weighted by atomic mass is 16.6. The highest BCUT2D eigenvalue weighted by Crippen LogP contribution is 2.29. The number of aliphatic hydroxyl groups excluding tert-OH is 1. The van der Waals surface area contributed by atoms with Crippen molar-refractivity contribution in [3.05, 3.63) is 29.8 Å². The van der Waals surface area contributed by atoms with E-state index in [2.05, 4.69) is 24.5 Å². The molecule has 40 heavy (non-hydrogen) atoms. The predicted molar refractivity (Wildman–Crippen MR) is 159 cm³/mol. The van der Waals surface area contributed by atoms with Crippen LogP contribution < -0.4 is 15.5 Å². The minimum Gasteiger partial charge on any atom is -0.444 e. The Morgan fingerprint density at radius 1 is 1.12 bits per heavy atom. The second-order valence-corrected chi connectivity index (χ2v) is 13.9. The molecule has 1 aliphatic heterocycles. The van der Waals surface area contributed by atoms with Crippen LogP contribution in [0, 0.1) is 18.3 Å². The summed E-state index contributed by atoms with van der Waals surface area (Å²) in [6.45, 7) is 20.8. The molecule has 0 radical (unpaired) electrons. The molecule has 1 aliphatic rings. The number of hydrogen-bond acceptors (Lipinski definition) is 6. The molecule has 3 atom stereocenters. The molecule has 9 nitrogen and oxygen atoms in total. The molecule has 0 aliphatic carbocycles. The molecule has 1 aromatic rings. The molecule has 1 saturated heterocycles. The number of para-hydroxylation sites is 1. The van der Waals surface area contributed by atoms with Gasteiger partial charge in [-0.05, 0) is 71.4 Å². The number of nitrogens with zero attached hydrogens (tertiary/aromatic N) is 2. The van der Waals surface area contributed by atoms with E-state index in [9.17, 15) is 19.5 Å². The maximum Gasteiger partial charge on any atom is 0.408 e. The molecule has 1 fully saturated rings. The highest BCUT2D eigenvalue weighted by molar-refractivity contribution is 5.96. The second-order valence-electron chi connectivity index (χ2n) is 13.9. The number of carbonyl (C=O) groups excluding carboxylic acids is 3. The number of alkyl carbamates (subject to hydrolysis) is 1. The number of aliphatic hydroxyl groups is 1. The average Bonchev–Trinajstić information content (AvgIpc) is 2.81. The topological polar surface area (TPSA) is 111 Å². The van der Waals surface area contributed by atoms with Gasteiger partial charge in [-0.2, -0.15) is 0 Å². The molecular formula is C31H52N4O5. The van der Waals surface area contributed by atoms with Crippen LogP contribution >= 0.6 is 0 Å². The smallest absolute Gasteiger partial charge is 0.408 e. The minimum absolute atomic E-state index is 0.0490. The van der Waals surface area contributed by atoms with Crippen molar-refractivity contribution in [1.82, 2.24) is 15.5 Å². The molecule has 2 rings (SSSR count). The molecule has 1 aromatic carbocycles. The largest absolute Gasteiger partial charge is 0.444 e. The number of benzene rings is 1. The minimum atomic E-state index is -1.03. The number of ether oxygens (including phenoxy) is 1. The monoisotopic (exact) mass is 560 g/mol. The number of aryl methyl sites for hydroxylation is 1. The Bertz CT molecular complexity index is 1030. The van der Waals surface area contributed by atoms with Crippen LogP contribution in [0.3, 0.4) is 0 Å². The van der Waals surface area contributed by atoms with Gasteiger partial charge in [0.05, 0.1) is 18.7 Å². The van der Waals surface area contributed by atoms with Crippen LogP contribution in [0.2, 0.25) is 0 Å². The third-order valence-corrected chi connectivity index (χ3v) is 7.20. The first-order chi connectivity index (χ1) is 18.3. The first kappa shape index (κ1) is 33.6. The third kappa shape index (κ3) is 10.1. The Morgan fingerprint density at radius 3 is 2.30 bits per heavy atom. The fourth-order valence-corrected chi connectivity index (χ4v) is 4.81. The molecular weight excluding hydrogens is 508 g/mol. The molecule has 3 amide bonds. The second kappa shape index (κ2) is 13.3. The molecule has 3 N–H and O–H groups in total. The van der Waals surface area contributed by atoms with Crippen LogP contribution in [0.4, 0.5) is 10.5 Å². The fourth-order valence-electron chi connectivity index (χ4n) is 4.81. The summed E-state index contributed by atoms with van der Waals surface area (Å²) in [6.07, 6.45) is -0.960. The standard InChI is InChI=1S/C31H52N4O5/c1-11-22(27(38)32-19-29(3,4)5)16-25(36)23(33-28(39)40-30(6,7)8)17-34-18-26(37)35(20-31(34,9)10)24-15-13-12-14-21(24)2/h12-15,22-23,25,36H,11,16-20H2,1-10H3,(H,32,38)(H,33,39)/t22-,23+,25+/m1/s1. The van der Waals surface area contributed by atoms with E-state index in [1.807, 2.05) is 68.7 Å². The van der Waals surface area contributed by atoms with Crippen molar-refractivity contribution in [2.45, 2.75) is 105 Å². The molecule has 0 unspecified atom stereocenters. The van der Waals surface area contributed by atoms with Gasteiger partial charge in [-0.1, -0.05) is 45.9 Å². The number of anilines is 1. The Morgan fingerprint density at radius 2 is 1.75 bits per heavy atom. The molecule has 0 bridgehead atoms. The summed E-state index contributed by atoms with van der Waals surface area (Å²) in [5, 5.41) is 17.2. The van der Waals surface area contributed by atoms with Crippen molar-refractivity contribution in [1.29, 1.82) is 0 Å². The summed E-state index contributed by atoms with van der Waals surface area (Å²) < 4.78 is 5.49. The quantitative estimate of drug-likeness (QED) is 0.395. The van der Waals surface area contributed by atoms with Gasteiger partial charge >= 0.3 is 6.09 Å². The van der Waals surface area contributed by atoms with E-state index >= 15 is 0 Å². The fraction of sp³-hybridized carbons (Fsp3) is 0.710. The van der Waals surface area contributed by atoms with E-state index in [0.29, 0.717) is 19.5 Å². The summed E-state index contributed by atoms with van der Waals surface area (Å²) in [5.41, 5.74) is 0.683. The Kier molecular flexibility index (Phi) is 11.2. The number of piperazine rings is 1. The zero-order chi connectivity index (χ0) is 30.5. The SMILES string of the molecule is CC[C@H](C[C@H](O)[C@H](CN1CC(=O)N(c2ccccc2C)CC1(C)C)NC(=O)OC(C)(C)C)C(=O)NCC(C)(C)C. The Hall–Kier alpha value is -2.65. The molecule has 0 aromatic heterocycles. The van der Waals surface area contributed by atoms with Crippen molar-refractivity contribution in [3.8, 4) is 0 Å². The summed E-state index contributed by atoms with van der Waals surface area (Å²) >= 11 is 0. The van der Waals surface area contributed by atoms with E-state index in [0.717, 1.165) is 11.3 Å². The number of nitrogens with one attached hydrogen (secondary N) is 2. The predicted octanol–water partition coefficient (Wildman–Crippen LogP) is 4.26. The van der Waals surface area contributed by atoms with Gasteiger partial charge in [-0.25, -0.2) is 4.79 Å². The van der Waals surface area contributed by atoms with Gasteiger partial charge in [0, 0.05) is 36.8 Å². The summed E-state index contributed by atoms with van der Waals surface area (Å²) in [4.78, 5) is 42.9. The van der Waals surface area contributed by atoms with Crippen LogP contribution in [0.1, 0.15) is 80.7 Å². The lowest BCUT2D eigenvalue weighted by atomic mass is 9.91. The highest BCUT2D eigenvalue weighted by Gasteiger charge is 2.41. The third-order valence-electron chi connectivity index (χ3n) is 7.20. The molecule has 1 heterocycles. The van der Waals surface area contributed by atoms with Gasteiger partial charge in [0.1, 0.15) is 5.60 Å². The van der Waals surface area contributed by atoms with Gasteiger partial charge in [0.15, 0.2) is 0 Å². The maximum atomic E-state index is 13.3. The summed E-state index contributed by atoms with van der Waals surface area (Å²) in [6, 6.07) is 7.06. The van der Waals surface area contributed by atoms with Gasteiger partial charge in [0.2, 0.25) is 11.8 Å². The lowest BCUT2D eigenvalue weighted by Gasteiger charge is -2.48. The van der Waals surface area contributed by atoms with Crippen LogP contribution in [0.25, 0.3) is 0 Å². The van der Waals surface area contributed by atoms with Gasteiger partial charge in [-0.3, -0.25) is 14.5 Å². The van der Waals surface area contributed by atoms with Crippen molar-refractivity contribution < 1.29 is 24.2 Å². The molecule has 226 valence electrons. The van der Waals surface area contributed by atoms with Crippen LogP contribution in [0.5, 0.6) is 0 Å². The number of amides is 3. The van der Waals surface area contributed by atoms with E-state index in [1.165, 1.54) is 0 Å². The van der Waals surface area contributed by atoms with Crippen LogP contribution in [-0.4, -0.2) is 77.4 Å². The van der Waals surface area contributed by atoms with E-state index in [4.69, 9.17) is 4.74 Å². The van der Waals surface area contributed by atoms with Crippen molar-refractivity contribution in [2.75, 3.05) is 31.1 Å². The Labute approximate surface area is 241 Å². The van der Waals surface area contributed by atoms with E-state index in [1.54, 1.807) is 20.8 Å². The lowest BCUT2D eigenvalue weighted by molar-refractivity contribution is -0.126. The van der Waals surface area contributed by atoms with Gasteiger partial charge in [0.25, 0.3) is 0 Å². The first-order valence-corrected chi connectivity index (χ1v) is 14.4. The molecule has 0 spiro atoms. The van der Waals surface area contributed by atoms with Crippen LogP contribution in [0.15, 0.2) is 24.3 Å². The zero-order valence-electron chi connectivity index (χ0n) is 26.3. The van der Waals surface area contributed by atoms with E-state index < -0.39 is 35.3 Å². The number of hydrogen-bond donors (Lipinski definition) is 3. The normalized spacial score (nSPS) is 18.6. The van der Waals surface area contributed by atoms with Crippen molar-refractivity contribution >= 4 is 23.6 Å². The van der Waals surface area contributed by atoms with E-state index in [-0.39, 0.29) is 36.7 Å². The average molecular weight is 561 g/mol. The summed E-state index contributed by atoms with van der Waals surface area (Å²) in [7, 11) is 0. The van der Waals surface area contributed by atoms with Crippen molar-refractivity contribution in [2.24, 2.45) is 11.3 Å². The number of carbonyl (C=O) groups is 3. The lowest BCUT2D eigenvalue weighted by Crippen LogP contribution is -2.65. The summed E-state index contributed by atoms with van der Waals surface area (Å²) in [5.74, 6) is -0.588. The first-order valence-electron chi connectivity index (χ1n) is 14.4. The Balaban J connectivity index is 2.24. The molecule has 0 saturated carbocycles. The van der Waals surface area contributed by atoms with Crippen molar-refractivity contribution in [3.63, 3.8) is 0 Å². The zero-order valence-corrected chi connectivity index (χ0v) is 26.3. The molecule has 9 heteroatoms. The van der Waals surface area contributed by atoms with Gasteiger partial charge in [-0.15, -0.1) is 0 Å². The van der Waals surface area contributed by atoms with Crippen LogP contribution in [-0.2, 0) is 14.3 Å². The van der Waals surface area contributed by atoms with Gasteiger partial charge < -0.3 is 25.4 Å². The number of rotatable bonds is 10. The maximum absolute atomic E-state index is 13.3.